The summed E-state index contributed by atoms with van der Waals surface area (Å²) >= 11 is 1.32. The van der Waals surface area contributed by atoms with Gasteiger partial charge in [0.2, 0.25) is 5.58 Å². The molecule has 1 aromatic heterocycles. The van der Waals surface area contributed by atoms with Crippen molar-refractivity contribution in [1.29, 1.82) is 0 Å². The van der Waals surface area contributed by atoms with Crippen LogP contribution in [0.2, 0.25) is 0 Å². The van der Waals surface area contributed by atoms with E-state index >= 15 is 4.39 Å². The fraction of sp³-hybridized carbons (Fsp3) is 0.591. The van der Waals surface area contributed by atoms with E-state index in [1.54, 1.807) is 11.0 Å². The first-order valence-electron chi connectivity index (χ1n) is 10.8. The summed E-state index contributed by atoms with van der Waals surface area (Å²) < 4.78 is 26.9. The molecule has 2 aliphatic heterocycles. The van der Waals surface area contributed by atoms with Gasteiger partial charge in [0.15, 0.2) is 17.9 Å². The highest BCUT2D eigenvalue weighted by molar-refractivity contribution is 8.15. The monoisotopic (exact) mass is 447 g/mol. The van der Waals surface area contributed by atoms with Crippen molar-refractivity contribution in [2.75, 3.05) is 22.9 Å². The predicted octanol–water partition coefficient (Wildman–Crippen LogP) is 4.77. The Morgan fingerprint density at radius 1 is 1.29 bits per heavy atom. The maximum atomic E-state index is 15.7. The summed E-state index contributed by atoms with van der Waals surface area (Å²) in [7, 11) is 0. The lowest BCUT2D eigenvalue weighted by Gasteiger charge is -2.40. The second-order valence-corrected chi connectivity index (χ2v) is 10.3. The van der Waals surface area contributed by atoms with Gasteiger partial charge in [-0.05, 0) is 39.7 Å². The van der Waals surface area contributed by atoms with Crippen LogP contribution in [0.3, 0.4) is 0 Å². The van der Waals surface area contributed by atoms with E-state index in [-0.39, 0.29) is 39.5 Å². The minimum Gasteiger partial charge on any atom is -0.372 e. The predicted molar refractivity (Wildman–Crippen MR) is 118 cm³/mol. The molecule has 0 spiro atoms. The van der Waals surface area contributed by atoms with Crippen molar-refractivity contribution in [2.24, 2.45) is 0 Å². The topological polar surface area (TPSA) is 75.9 Å². The quantitative estimate of drug-likeness (QED) is 0.628. The van der Waals surface area contributed by atoms with Crippen molar-refractivity contribution in [3.63, 3.8) is 0 Å². The summed E-state index contributed by atoms with van der Waals surface area (Å²) in [5.74, 6) is -0.319. The molecule has 1 amide bonds. The van der Waals surface area contributed by atoms with Crippen LogP contribution in [-0.2, 0) is 4.74 Å². The fourth-order valence-electron chi connectivity index (χ4n) is 5.41. The number of carbonyl (C=O) groups excluding carboxylic acids is 2. The SMILES string of the molecule is C[C@@H]1CN(c2c(C=O)cc3c(N4C(=O)S[C@@H]5CCCC[C@]54C)noc3c2F)C[C@@H](C)O1. The Morgan fingerprint density at radius 2 is 2.03 bits per heavy atom. The molecule has 4 atom stereocenters. The van der Waals surface area contributed by atoms with Crippen molar-refractivity contribution >= 4 is 45.8 Å². The number of carbonyl (C=O) groups is 2. The van der Waals surface area contributed by atoms with Gasteiger partial charge in [-0.15, -0.1) is 0 Å². The van der Waals surface area contributed by atoms with Gasteiger partial charge in [0.1, 0.15) is 0 Å². The first-order chi connectivity index (χ1) is 14.8. The number of hydrogen-bond donors (Lipinski definition) is 0. The molecule has 3 fully saturated rings. The molecule has 1 aromatic carbocycles. The molecule has 5 rings (SSSR count). The van der Waals surface area contributed by atoms with Gasteiger partial charge < -0.3 is 14.2 Å². The Kier molecular flexibility index (Phi) is 5.01. The van der Waals surface area contributed by atoms with E-state index in [0.29, 0.717) is 30.6 Å². The first kappa shape index (κ1) is 20.8. The number of rotatable bonds is 3. The molecule has 9 heteroatoms. The zero-order chi connectivity index (χ0) is 21.9. The molecule has 0 unspecified atom stereocenters. The Hall–Kier alpha value is -2.13. The second-order valence-electron chi connectivity index (χ2n) is 9.10. The molecule has 7 nitrogen and oxygen atoms in total. The van der Waals surface area contributed by atoms with E-state index in [2.05, 4.69) is 12.1 Å². The summed E-state index contributed by atoms with van der Waals surface area (Å²) in [5, 5.41) is 4.57. The summed E-state index contributed by atoms with van der Waals surface area (Å²) in [6.07, 6.45) is 4.42. The number of halogens is 1. The molecule has 0 bridgehead atoms. The third kappa shape index (κ3) is 3.16. The van der Waals surface area contributed by atoms with Crippen LogP contribution in [-0.4, -0.2) is 52.8 Å². The average Bonchev–Trinajstić information content (AvgIpc) is 3.23. The third-order valence-electron chi connectivity index (χ3n) is 6.79. The van der Waals surface area contributed by atoms with E-state index in [0.717, 1.165) is 25.7 Å². The molecule has 0 N–H and O–H groups in total. The highest BCUT2D eigenvalue weighted by Gasteiger charge is 2.53. The third-order valence-corrected chi connectivity index (χ3v) is 8.21. The standard InChI is InChI=1S/C22H26FN3O4S/c1-12-9-25(10-13(2)29-12)18-14(11-27)8-15-19(17(18)23)30-24-20(15)26-21(28)31-16-6-4-5-7-22(16,26)3/h8,11-13,16H,4-7,9-10H2,1-3H3/t12-,13-,16-,22-/m1/s1. The number of fused-ring (bicyclic) bond motifs is 2. The fourth-order valence-corrected chi connectivity index (χ4v) is 6.81. The van der Waals surface area contributed by atoms with E-state index in [1.165, 1.54) is 11.8 Å². The zero-order valence-corrected chi connectivity index (χ0v) is 18.7. The lowest BCUT2D eigenvalue weighted by Crippen LogP contribution is -2.50. The van der Waals surface area contributed by atoms with Gasteiger partial charge in [-0.25, -0.2) is 4.39 Å². The van der Waals surface area contributed by atoms with Crippen molar-refractivity contribution in [1.82, 2.24) is 5.16 Å². The van der Waals surface area contributed by atoms with Crippen molar-refractivity contribution in [2.45, 2.75) is 69.5 Å². The molecule has 0 radical (unpaired) electrons. The zero-order valence-electron chi connectivity index (χ0n) is 17.9. The molecule has 166 valence electrons. The van der Waals surface area contributed by atoms with Gasteiger partial charge in [0, 0.05) is 23.9 Å². The number of hydrogen-bond acceptors (Lipinski definition) is 7. The van der Waals surface area contributed by atoms with Gasteiger partial charge in [0.05, 0.1) is 28.8 Å². The van der Waals surface area contributed by atoms with Crippen molar-refractivity contribution < 1.29 is 23.2 Å². The molecule has 3 aliphatic rings. The van der Waals surface area contributed by atoms with E-state index in [1.807, 2.05) is 18.7 Å². The van der Waals surface area contributed by atoms with Gasteiger partial charge >= 0.3 is 0 Å². The Morgan fingerprint density at radius 3 is 2.74 bits per heavy atom. The molecule has 1 aliphatic carbocycles. The highest BCUT2D eigenvalue weighted by atomic mass is 32.2. The second kappa shape index (κ2) is 7.48. The van der Waals surface area contributed by atoms with E-state index in [9.17, 15) is 9.59 Å². The smallest absolute Gasteiger partial charge is 0.288 e. The molecular formula is C22H26FN3O4S. The van der Waals surface area contributed by atoms with Crippen LogP contribution in [0.4, 0.5) is 20.7 Å². The molecular weight excluding hydrogens is 421 g/mol. The van der Waals surface area contributed by atoms with Crippen LogP contribution in [0.25, 0.3) is 11.0 Å². The molecule has 2 aromatic rings. The first-order valence-corrected chi connectivity index (χ1v) is 11.7. The number of ether oxygens (including phenoxy) is 1. The summed E-state index contributed by atoms with van der Waals surface area (Å²) in [5.41, 5.74) is 0.00886. The molecule has 31 heavy (non-hydrogen) atoms. The van der Waals surface area contributed by atoms with Gasteiger partial charge in [-0.1, -0.05) is 29.8 Å². The van der Waals surface area contributed by atoms with Crippen LogP contribution in [0.15, 0.2) is 10.6 Å². The van der Waals surface area contributed by atoms with Crippen LogP contribution in [0.5, 0.6) is 0 Å². The molecule has 3 heterocycles. The normalized spacial score (nSPS) is 31.4. The van der Waals surface area contributed by atoms with Gasteiger partial charge in [0.25, 0.3) is 5.24 Å². The largest absolute Gasteiger partial charge is 0.372 e. The Bertz CT molecular complexity index is 1050. The van der Waals surface area contributed by atoms with Gasteiger partial charge in [-0.3, -0.25) is 14.5 Å². The highest BCUT2D eigenvalue weighted by Crippen LogP contribution is 2.51. The Balaban J connectivity index is 1.63. The summed E-state index contributed by atoms with van der Waals surface area (Å²) in [6, 6.07) is 1.61. The number of nitrogens with zero attached hydrogens (tertiary/aromatic N) is 3. The number of thioether (sulfide) groups is 1. The summed E-state index contributed by atoms with van der Waals surface area (Å²) in [4.78, 5) is 28.4. The van der Waals surface area contributed by atoms with Crippen LogP contribution in [0.1, 0.15) is 56.8 Å². The molecule has 2 saturated heterocycles. The number of anilines is 2. The minimum atomic E-state index is -0.621. The van der Waals surface area contributed by atoms with Crippen LogP contribution >= 0.6 is 11.8 Å². The van der Waals surface area contributed by atoms with Crippen LogP contribution < -0.4 is 9.80 Å². The summed E-state index contributed by atoms with van der Waals surface area (Å²) in [6.45, 7) is 6.84. The van der Waals surface area contributed by atoms with E-state index < -0.39 is 11.4 Å². The molecule has 1 saturated carbocycles. The van der Waals surface area contributed by atoms with E-state index in [4.69, 9.17) is 9.26 Å². The number of morpholine rings is 1. The number of amides is 1. The van der Waals surface area contributed by atoms with Crippen molar-refractivity contribution in [3.05, 3.63) is 17.4 Å². The lowest BCUT2D eigenvalue weighted by molar-refractivity contribution is -0.00543. The van der Waals surface area contributed by atoms with Crippen molar-refractivity contribution in [3.8, 4) is 0 Å². The lowest BCUT2D eigenvalue weighted by atomic mass is 9.81. The van der Waals surface area contributed by atoms with Gasteiger partial charge in [-0.2, -0.15) is 0 Å². The maximum Gasteiger partial charge on any atom is 0.288 e. The number of aldehydes is 1. The number of benzene rings is 1. The maximum absolute atomic E-state index is 15.7. The van der Waals surface area contributed by atoms with Crippen LogP contribution in [0, 0.1) is 5.82 Å². The minimum absolute atomic E-state index is 0.0249. The average molecular weight is 448 g/mol. The Labute approximate surface area is 184 Å². The number of aromatic nitrogens is 1.